The molecule has 0 bridgehead atoms. The van der Waals surface area contributed by atoms with Gasteiger partial charge in [-0.3, -0.25) is 4.90 Å². The number of hydrogen-bond donors (Lipinski definition) is 0. The first-order chi connectivity index (χ1) is 14.6. The molecule has 30 heavy (non-hydrogen) atoms. The van der Waals surface area contributed by atoms with Crippen molar-refractivity contribution in [3.05, 3.63) is 72.6 Å². The van der Waals surface area contributed by atoms with Gasteiger partial charge in [0.05, 0.1) is 16.9 Å². The van der Waals surface area contributed by atoms with Gasteiger partial charge in [0.2, 0.25) is 15.8 Å². The number of furan rings is 1. The lowest BCUT2D eigenvalue weighted by atomic mass is 10.1. The van der Waals surface area contributed by atoms with E-state index < -0.39 is 10.0 Å². The average molecular weight is 423 g/mol. The Morgan fingerprint density at radius 3 is 2.43 bits per heavy atom. The van der Waals surface area contributed by atoms with Gasteiger partial charge in [0, 0.05) is 38.8 Å². The molecule has 154 valence electrons. The quantitative estimate of drug-likeness (QED) is 0.488. The molecule has 0 N–H and O–H groups in total. The number of nitrogens with zero attached hydrogens (tertiary/aromatic N) is 3. The van der Waals surface area contributed by atoms with Crippen LogP contribution < -0.4 is 0 Å². The van der Waals surface area contributed by atoms with Crippen molar-refractivity contribution in [3.63, 3.8) is 0 Å². The third kappa shape index (κ3) is 3.65. The van der Waals surface area contributed by atoms with E-state index in [1.807, 2.05) is 42.5 Å². The highest BCUT2D eigenvalue weighted by Crippen LogP contribution is 2.24. The van der Waals surface area contributed by atoms with E-state index in [1.165, 1.54) is 0 Å². The molecule has 0 spiro atoms. The van der Waals surface area contributed by atoms with Gasteiger partial charge in [0.1, 0.15) is 0 Å². The smallest absolute Gasteiger partial charge is 0.243 e. The van der Waals surface area contributed by atoms with E-state index in [-0.39, 0.29) is 0 Å². The molecule has 5 rings (SSSR count). The van der Waals surface area contributed by atoms with Gasteiger partial charge in [-0.25, -0.2) is 8.42 Å². The van der Waals surface area contributed by atoms with E-state index in [0.717, 1.165) is 16.5 Å². The lowest BCUT2D eigenvalue weighted by Gasteiger charge is -2.33. The van der Waals surface area contributed by atoms with Crippen LogP contribution in [0.1, 0.15) is 5.69 Å². The second kappa shape index (κ2) is 7.71. The van der Waals surface area contributed by atoms with Crippen molar-refractivity contribution >= 4 is 20.8 Å². The summed E-state index contributed by atoms with van der Waals surface area (Å²) in [5, 5.41) is 6.06. The molecule has 1 saturated heterocycles. The summed E-state index contributed by atoms with van der Waals surface area (Å²) in [6.07, 6.45) is 1.59. The van der Waals surface area contributed by atoms with Crippen molar-refractivity contribution in [3.8, 4) is 11.5 Å². The minimum atomic E-state index is -3.52. The van der Waals surface area contributed by atoms with E-state index >= 15 is 0 Å². The summed E-state index contributed by atoms with van der Waals surface area (Å²) in [6.45, 7) is 2.76. The molecule has 7 nitrogen and oxygen atoms in total. The van der Waals surface area contributed by atoms with Crippen LogP contribution in [-0.4, -0.2) is 49.0 Å². The molecule has 4 aromatic rings. The molecule has 0 atom stereocenters. The van der Waals surface area contributed by atoms with Crippen molar-refractivity contribution in [2.75, 3.05) is 26.2 Å². The van der Waals surface area contributed by atoms with Crippen LogP contribution in [0.5, 0.6) is 0 Å². The van der Waals surface area contributed by atoms with Crippen LogP contribution in [0.3, 0.4) is 0 Å². The first-order valence-electron chi connectivity index (χ1n) is 9.80. The van der Waals surface area contributed by atoms with Crippen molar-refractivity contribution in [2.24, 2.45) is 0 Å². The topological polar surface area (TPSA) is 79.8 Å². The Morgan fingerprint density at radius 1 is 0.867 bits per heavy atom. The van der Waals surface area contributed by atoms with Gasteiger partial charge in [-0.05, 0) is 35.0 Å². The molecule has 0 unspecified atom stereocenters. The molecule has 2 aromatic carbocycles. The minimum Gasteiger partial charge on any atom is -0.461 e. The molecule has 0 aliphatic carbocycles. The second-order valence-electron chi connectivity index (χ2n) is 7.35. The largest absolute Gasteiger partial charge is 0.461 e. The van der Waals surface area contributed by atoms with E-state index in [1.54, 1.807) is 28.8 Å². The highest BCUT2D eigenvalue weighted by molar-refractivity contribution is 7.89. The first kappa shape index (κ1) is 19.0. The number of benzene rings is 2. The van der Waals surface area contributed by atoms with Crippen molar-refractivity contribution in [1.82, 2.24) is 14.4 Å². The van der Waals surface area contributed by atoms with Crippen LogP contribution >= 0.6 is 0 Å². The Kier molecular flexibility index (Phi) is 4.90. The zero-order valence-electron chi connectivity index (χ0n) is 16.3. The molecular weight excluding hydrogens is 402 g/mol. The third-order valence-electron chi connectivity index (χ3n) is 5.40. The van der Waals surface area contributed by atoms with Gasteiger partial charge >= 0.3 is 0 Å². The Labute approximate surface area is 174 Å². The van der Waals surface area contributed by atoms with Gasteiger partial charge < -0.3 is 8.94 Å². The van der Waals surface area contributed by atoms with E-state index in [0.29, 0.717) is 49.1 Å². The number of hydrogen-bond acceptors (Lipinski definition) is 6. The van der Waals surface area contributed by atoms with E-state index in [4.69, 9.17) is 8.94 Å². The standard InChI is InChI=1S/C22H21N3O4S/c26-30(27,20-8-7-17-4-1-2-5-18(17)14-20)25-11-9-24(10-12-25)16-19-15-22(29-23-19)21-6-3-13-28-21/h1-8,13-15H,9-12,16H2. The molecule has 1 aliphatic rings. The Morgan fingerprint density at radius 2 is 1.67 bits per heavy atom. The van der Waals surface area contributed by atoms with Crippen molar-refractivity contribution < 1.29 is 17.4 Å². The van der Waals surface area contributed by atoms with E-state index in [2.05, 4.69) is 10.1 Å². The van der Waals surface area contributed by atoms with E-state index in [9.17, 15) is 8.42 Å². The summed E-state index contributed by atoms with van der Waals surface area (Å²) < 4.78 is 38.4. The number of aromatic nitrogens is 1. The molecule has 2 aromatic heterocycles. The number of rotatable bonds is 5. The summed E-state index contributed by atoms with van der Waals surface area (Å²) in [5.41, 5.74) is 0.798. The van der Waals surface area contributed by atoms with Crippen molar-refractivity contribution in [2.45, 2.75) is 11.4 Å². The summed E-state index contributed by atoms with van der Waals surface area (Å²) in [7, 11) is -3.52. The van der Waals surface area contributed by atoms with Crippen LogP contribution in [0.15, 0.2) is 80.8 Å². The Hall–Kier alpha value is -2.94. The molecule has 1 fully saturated rings. The predicted molar refractivity (Wildman–Crippen MR) is 112 cm³/mol. The average Bonchev–Trinajstić information content (AvgIpc) is 3.46. The van der Waals surface area contributed by atoms with Crippen LogP contribution in [-0.2, 0) is 16.6 Å². The van der Waals surface area contributed by atoms with Crippen LogP contribution in [0, 0.1) is 0 Å². The molecular formula is C22H21N3O4S. The highest BCUT2D eigenvalue weighted by atomic mass is 32.2. The molecule has 1 aliphatic heterocycles. The molecule has 3 heterocycles. The lowest BCUT2D eigenvalue weighted by molar-refractivity contribution is 0.178. The zero-order chi connectivity index (χ0) is 20.6. The van der Waals surface area contributed by atoms with Gasteiger partial charge in [0.15, 0.2) is 5.76 Å². The van der Waals surface area contributed by atoms with Gasteiger partial charge in [-0.2, -0.15) is 4.31 Å². The molecule has 0 radical (unpaired) electrons. The number of piperazine rings is 1. The van der Waals surface area contributed by atoms with Gasteiger partial charge in [-0.15, -0.1) is 0 Å². The molecule has 0 amide bonds. The maximum Gasteiger partial charge on any atom is 0.243 e. The molecule has 8 heteroatoms. The minimum absolute atomic E-state index is 0.342. The van der Waals surface area contributed by atoms with Crippen LogP contribution in [0.2, 0.25) is 0 Å². The first-order valence-corrected chi connectivity index (χ1v) is 11.2. The fourth-order valence-electron chi connectivity index (χ4n) is 3.76. The maximum absolute atomic E-state index is 13.1. The Bertz CT molecular complexity index is 1260. The van der Waals surface area contributed by atoms with Gasteiger partial charge in [-0.1, -0.05) is 35.5 Å². The maximum atomic E-state index is 13.1. The predicted octanol–water partition coefficient (Wildman–Crippen LogP) is 3.59. The summed E-state index contributed by atoms with van der Waals surface area (Å²) in [6, 6.07) is 18.6. The third-order valence-corrected chi connectivity index (χ3v) is 7.29. The van der Waals surface area contributed by atoms with Crippen LogP contribution in [0.4, 0.5) is 0 Å². The summed E-state index contributed by atoms with van der Waals surface area (Å²) >= 11 is 0. The fraction of sp³-hybridized carbons (Fsp3) is 0.227. The number of sulfonamides is 1. The lowest BCUT2D eigenvalue weighted by Crippen LogP contribution is -2.48. The highest BCUT2D eigenvalue weighted by Gasteiger charge is 2.29. The van der Waals surface area contributed by atoms with Crippen LogP contribution in [0.25, 0.3) is 22.3 Å². The van der Waals surface area contributed by atoms with Gasteiger partial charge in [0.25, 0.3) is 0 Å². The Balaban J connectivity index is 1.24. The second-order valence-corrected chi connectivity index (χ2v) is 9.29. The normalized spacial score (nSPS) is 16.3. The summed E-state index contributed by atoms with van der Waals surface area (Å²) in [4.78, 5) is 2.52. The number of fused-ring (bicyclic) bond motifs is 1. The summed E-state index contributed by atoms with van der Waals surface area (Å²) in [5.74, 6) is 1.23. The molecule has 0 saturated carbocycles. The zero-order valence-corrected chi connectivity index (χ0v) is 17.1. The van der Waals surface area contributed by atoms with Crippen molar-refractivity contribution in [1.29, 1.82) is 0 Å². The fourth-order valence-corrected chi connectivity index (χ4v) is 5.21. The SMILES string of the molecule is O=S(=O)(c1ccc2ccccc2c1)N1CCN(Cc2cc(-c3ccco3)on2)CC1. The monoisotopic (exact) mass is 423 g/mol.